The fourth-order valence-electron chi connectivity index (χ4n) is 6.17. The predicted octanol–water partition coefficient (Wildman–Crippen LogP) is 9.92. The molecule has 5 nitrogen and oxygen atoms in total. The Labute approximate surface area is 267 Å². The summed E-state index contributed by atoms with van der Waals surface area (Å²) in [7, 11) is 0. The average Bonchev–Trinajstić information content (AvgIpc) is 3.11. The van der Waals surface area contributed by atoms with E-state index in [4.69, 9.17) is 19.9 Å². The normalized spacial score (nSPS) is 11.3. The molecule has 0 aliphatic carbocycles. The summed E-state index contributed by atoms with van der Waals surface area (Å²) >= 11 is 0. The second-order valence-corrected chi connectivity index (χ2v) is 11.4. The van der Waals surface area contributed by atoms with Crippen LogP contribution in [0.1, 0.15) is 11.6 Å². The highest BCUT2D eigenvalue weighted by atomic mass is 15.0. The van der Waals surface area contributed by atoms with Gasteiger partial charge in [-0.15, -0.1) is 0 Å². The number of rotatable bonds is 5. The van der Waals surface area contributed by atoms with Crippen molar-refractivity contribution in [2.75, 3.05) is 0 Å². The molecular weight excluding hydrogens is 562 g/mol. The van der Waals surface area contributed by atoms with Gasteiger partial charge in [-0.05, 0) is 76.9 Å². The van der Waals surface area contributed by atoms with Crippen molar-refractivity contribution in [3.8, 4) is 56.4 Å². The number of aromatic nitrogens is 5. The van der Waals surface area contributed by atoms with Crippen molar-refractivity contribution in [3.05, 3.63) is 151 Å². The van der Waals surface area contributed by atoms with E-state index in [1.165, 1.54) is 21.5 Å². The third-order valence-corrected chi connectivity index (χ3v) is 8.25. The quantitative estimate of drug-likeness (QED) is 0.186. The summed E-state index contributed by atoms with van der Waals surface area (Å²) in [5.41, 5.74) is 7.72. The van der Waals surface area contributed by atoms with Gasteiger partial charge in [0.25, 0.3) is 0 Å². The van der Waals surface area contributed by atoms with E-state index in [1.807, 2.05) is 50.2 Å². The van der Waals surface area contributed by atoms with Gasteiger partial charge in [0.2, 0.25) is 0 Å². The summed E-state index contributed by atoms with van der Waals surface area (Å²) in [5.74, 6) is 2.62. The first kappa shape index (κ1) is 27.5. The monoisotopic (exact) mass is 591 g/mol. The minimum atomic E-state index is 0.626. The van der Waals surface area contributed by atoms with Gasteiger partial charge in [-0.1, -0.05) is 109 Å². The number of hydrogen-bond acceptors (Lipinski definition) is 5. The van der Waals surface area contributed by atoms with Crippen LogP contribution in [0.5, 0.6) is 0 Å². The number of benzene rings is 6. The van der Waals surface area contributed by atoms with Crippen LogP contribution in [0.3, 0.4) is 0 Å². The lowest BCUT2D eigenvalue weighted by atomic mass is 9.91. The van der Waals surface area contributed by atoms with Gasteiger partial charge in [-0.3, -0.25) is 0 Å². The molecule has 0 amide bonds. The zero-order valence-corrected chi connectivity index (χ0v) is 25.5. The van der Waals surface area contributed by atoms with Crippen molar-refractivity contribution in [1.29, 1.82) is 0 Å². The number of aryl methyl sites for hydroxylation is 2. The molecule has 0 saturated carbocycles. The predicted molar refractivity (Wildman–Crippen MR) is 187 cm³/mol. The Morgan fingerprint density at radius 2 is 0.826 bits per heavy atom. The van der Waals surface area contributed by atoms with Crippen LogP contribution in [-0.2, 0) is 0 Å². The average molecular weight is 592 g/mol. The topological polar surface area (TPSA) is 64.5 Å². The van der Waals surface area contributed by atoms with Crippen molar-refractivity contribution in [3.63, 3.8) is 0 Å². The molecule has 0 aliphatic rings. The maximum Gasteiger partial charge on any atom is 0.163 e. The van der Waals surface area contributed by atoms with Gasteiger partial charge in [-0.25, -0.2) is 24.9 Å². The van der Waals surface area contributed by atoms with E-state index in [9.17, 15) is 0 Å². The Balaban J connectivity index is 1.42. The maximum atomic E-state index is 5.15. The standard InChI is InChI=1S/C41H29N5/c1-26-42-27(2)44-40(43-26)32-21-31(37-24-30-17-9-10-18-34(30)35-19-11-12-20-36(35)37)22-33(23-32)41-45-38(28-13-5-3-6-14-28)25-39(46-41)29-15-7-4-8-16-29/h3-25H,1-2H3. The van der Waals surface area contributed by atoms with Crippen LogP contribution in [0.4, 0.5) is 0 Å². The molecule has 218 valence electrons. The molecule has 0 saturated heterocycles. The molecule has 0 N–H and O–H groups in total. The first-order chi connectivity index (χ1) is 22.6. The molecule has 8 rings (SSSR count). The van der Waals surface area contributed by atoms with Crippen molar-refractivity contribution in [2.24, 2.45) is 0 Å². The second-order valence-electron chi connectivity index (χ2n) is 11.4. The summed E-state index contributed by atoms with van der Waals surface area (Å²) in [4.78, 5) is 24.3. The molecule has 0 spiro atoms. The maximum absolute atomic E-state index is 5.15. The van der Waals surface area contributed by atoms with Crippen molar-refractivity contribution >= 4 is 21.5 Å². The van der Waals surface area contributed by atoms with Gasteiger partial charge < -0.3 is 0 Å². The molecule has 0 aliphatic heterocycles. The minimum absolute atomic E-state index is 0.626. The summed E-state index contributed by atoms with van der Waals surface area (Å²) in [5, 5.41) is 4.80. The molecule has 0 atom stereocenters. The zero-order valence-electron chi connectivity index (χ0n) is 25.5. The lowest BCUT2D eigenvalue weighted by Gasteiger charge is -2.15. The highest BCUT2D eigenvalue weighted by molar-refractivity contribution is 6.14. The molecule has 6 aromatic carbocycles. The fourth-order valence-corrected chi connectivity index (χ4v) is 6.17. The van der Waals surface area contributed by atoms with Crippen molar-refractivity contribution in [1.82, 2.24) is 24.9 Å². The van der Waals surface area contributed by atoms with Gasteiger partial charge in [0.15, 0.2) is 11.6 Å². The summed E-state index contributed by atoms with van der Waals surface area (Å²) in [6.45, 7) is 3.80. The Kier molecular flexibility index (Phi) is 6.84. The lowest BCUT2D eigenvalue weighted by Crippen LogP contribution is -2.00. The van der Waals surface area contributed by atoms with E-state index < -0.39 is 0 Å². The zero-order chi connectivity index (χ0) is 31.0. The molecule has 0 bridgehead atoms. The largest absolute Gasteiger partial charge is 0.228 e. The van der Waals surface area contributed by atoms with E-state index in [0.717, 1.165) is 44.8 Å². The number of hydrogen-bond donors (Lipinski definition) is 0. The molecule has 8 aromatic rings. The molecule has 0 unspecified atom stereocenters. The Hall–Kier alpha value is -6.07. The van der Waals surface area contributed by atoms with Crippen LogP contribution >= 0.6 is 0 Å². The highest BCUT2D eigenvalue weighted by Crippen LogP contribution is 2.38. The highest BCUT2D eigenvalue weighted by Gasteiger charge is 2.17. The third kappa shape index (κ3) is 5.18. The van der Waals surface area contributed by atoms with Gasteiger partial charge in [0.1, 0.15) is 11.6 Å². The fraction of sp³-hybridized carbons (Fsp3) is 0.0488. The molecule has 0 fully saturated rings. The van der Waals surface area contributed by atoms with Crippen LogP contribution < -0.4 is 0 Å². The van der Waals surface area contributed by atoms with Crippen molar-refractivity contribution < 1.29 is 0 Å². The lowest BCUT2D eigenvalue weighted by molar-refractivity contribution is 0.928. The molecule has 2 aromatic heterocycles. The second kappa shape index (κ2) is 11.5. The Bertz CT molecular complexity index is 2310. The summed E-state index contributed by atoms with van der Waals surface area (Å²) in [6, 6.07) is 48.5. The summed E-state index contributed by atoms with van der Waals surface area (Å²) in [6.07, 6.45) is 0. The summed E-state index contributed by atoms with van der Waals surface area (Å²) < 4.78 is 0. The van der Waals surface area contributed by atoms with Gasteiger partial charge in [-0.2, -0.15) is 0 Å². The van der Waals surface area contributed by atoms with Gasteiger partial charge >= 0.3 is 0 Å². The molecule has 0 radical (unpaired) electrons. The molecular formula is C41H29N5. The van der Waals surface area contributed by atoms with Crippen LogP contribution in [0, 0.1) is 13.8 Å². The van der Waals surface area contributed by atoms with E-state index in [-0.39, 0.29) is 0 Å². The third-order valence-electron chi connectivity index (χ3n) is 8.25. The van der Waals surface area contributed by atoms with E-state index >= 15 is 0 Å². The van der Waals surface area contributed by atoms with E-state index in [0.29, 0.717) is 23.3 Å². The SMILES string of the molecule is Cc1nc(C)nc(-c2cc(-c3nc(-c4ccccc4)cc(-c4ccccc4)n3)cc(-c3cc4ccccc4c4ccccc34)c2)n1. The van der Waals surface area contributed by atoms with Crippen LogP contribution in [0.2, 0.25) is 0 Å². The minimum Gasteiger partial charge on any atom is -0.228 e. The molecule has 46 heavy (non-hydrogen) atoms. The van der Waals surface area contributed by atoms with Gasteiger partial charge in [0.05, 0.1) is 11.4 Å². The number of nitrogens with zero attached hydrogens (tertiary/aromatic N) is 5. The van der Waals surface area contributed by atoms with E-state index in [2.05, 4.69) is 108 Å². The van der Waals surface area contributed by atoms with Crippen molar-refractivity contribution in [2.45, 2.75) is 13.8 Å². The smallest absolute Gasteiger partial charge is 0.163 e. The van der Waals surface area contributed by atoms with Crippen LogP contribution in [-0.4, -0.2) is 24.9 Å². The Morgan fingerprint density at radius 3 is 1.43 bits per heavy atom. The number of fused-ring (bicyclic) bond motifs is 3. The molecule has 2 heterocycles. The first-order valence-electron chi connectivity index (χ1n) is 15.3. The molecule has 5 heteroatoms. The van der Waals surface area contributed by atoms with E-state index in [1.54, 1.807) is 0 Å². The van der Waals surface area contributed by atoms with Crippen LogP contribution in [0.15, 0.2) is 140 Å². The first-order valence-corrected chi connectivity index (χ1v) is 15.3. The van der Waals surface area contributed by atoms with Gasteiger partial charge in [0, 0.05) is 22.3 Å². The Morgan fingerprint density at radius 1 is 0.348 bits per heavy atom. The van der Waals surface area contributed by atoms with Crippen LogP contribution in [0.25, 0.3) is 78.0 Å².